The van der Waals surface area contributed by atoms with Crippen molar-refractivity contribution >= 4 is 29.1 Å². The zero-order valence-corrected chi connectivity index (χ0v) is 15.3. The summed E-state index contributed by atoms with van der Waals surface area (Å²) >= 11 is 5.84. The number of rotatable bonds is 7. The number of ether oxygens (including phenoxy) is 1. The molecule has 2 N–H and O–H groups in total. The van der Waals surface area contributed by atoms with Gasteiger partial charge < -0.3 is 15.4 Å². The molecule has 0 unspecified atom stereocenters. The standard InChI is InChI=1S/C20H21ClN2O3/c1-26-17-5-3-2-4-14(17)10-13-22-18(24)20(11-12-20)19(25)23-16-8-6-15(21)7-9-16/h2-9H,10-13H2,1H3,(H,22,24)(H,23,25). The molecule has 1 aliphatic rings. The highest BCUT2D eigenvalue weighted by Gasteiger charge is 2.56. The van der Waals surface area contributed by atoms with Crippen molar-refractivity contribution in [3.8, 4) is 5.75 Å². The number of nitrogens with one attached hydrogen (secondary N) is 2. The second-order valence-corrected chi connectivity index (χ2v) is 6.80. The second kappa shape index (κ2) is 7.79. The predicted molar refractivity (Wildman–Crippen MR) is 101 cm³/mol. The summed E-state index contributed by atoms with van der Waals surface area (Å²) in [6.45, 7) is 0.454. The van der Waals surface area contributed by atoms with E-state index in [-0.39, 0.29) is 11.8 Å². The molecule has 0 heterocycles. The Labute approximate surface area is 157 Å². The maximum absolute atomic E-state index is 12.5. The Morgan fingerprint density at radius 2 is 1.77 bits per heavy atom. The molecule has 0 atom stereocenters. The highest BCUT2D eigenvalue weighted by molar-refractivity contribution is 6.30. The average molecular weight is 373 g/mol. The summed E-state index contributed by atoms with van der Waals surface area (Å²) in [6.07, 6.45) is 1.77. The van der Waals surface area contributed by atoms with Gasteiger partial charge in [-0.15, -0.1) is 0 Å². The van der Waals surface area contributed by atoms with Gasteiger partial charge >= 0.3 is 0 Å². The van der Waals surface area contributed by atoms with E-state index in [0.717, 1.165) is 11.3 Å². The summed E-state index contributed by atoms with van der Waals surface area (Å²) in [5, 5.41) is 6.28. The monoisotopic (exact) mass is 372 g/mol. The SMILES string of the molecule is COc1ccccc1CCNC(=O)C1(C(=O)Nc2ccc(Cl)cc2)CC1. The molecule has 0 aliphatic heterocycles. The number of hydrogen-bond donors (Lipinski definition) is 2. The number of amides is 2. The lowest BCUT2D eigenvalue weighted by Gasteiger charge is -2.16. The molecule has 3 rings (SSSR count). The number of hydrogen-bond acceptors (Lipinski definition) is 3. The molecule has 0 aromatic heterocycles. The summed E-state index contributed by atoms with van der Waals surface area (Å²) in [4.78, 5) is 25.1. The van der Waals surface area contributed by atoms with E-state index in [9.17, 15) is 9.59 Å². The van der Waals surface area contributed by atoms with E-state index >= 15 is 0 Å². The van der Waals surface area contributed by atoms with Gasteiger partial charge in [-0.1, -0.05) is 29.8 Å². The topological polar surface area (TPSA) is 67.4 Å². The quantitative estimate of drug-likeness (QED) is 0.732. The number of halogens is 1. The Morgan fingerprint density at radius 3 is 2.42 bits per heavy atom. The summed E-state index contributed by atoms with van der Waals surface area (Å²) < 4.78 is 5.31. The minimum atomic E-state index is -0.958. The molecule has 2 aromatic rings. The van der Waals surface area contributed by atoms with E-state index in [1.807, 2.05) is 24.3 Å². The zero-order chi connectivity index (χ0) is 18.6. The molecule has 0 bridgehead atoms. The first-order chi connectivity index (χ1) is 12.5. The van der Waals surface area contributed by atoms with Crippen LogP contribution in [0.2, 0.25) is 5.02 Å². The fourth-order valence-corrected chi connectivity index (χ4v) is 2.98. The molecule has 0 saturated heterocycles. The van der Waals surface area contributed by atoms with E-state index in [1.54, 1.807) is 31.4 Å². The van der Waals surface area contributed by atoms with Gasteiger partial charge in [-0.3, -0.25) is 9.59 Å². The van der Waals surface area contributed by atoms with Gasteiger partial charge in [0.1, 0.15) is 11.2 Å². The summed E-state index contributed by atoms with van der Waals surface area (Å²) in [7, 11) is 1.62. The van der Waals surface area contributed by atoms with Crippen LogP contribution in [-0.2, 0) is 16.0 Å². The van der Waals surface area contributed by atoms with Crippen molar-refractivity contribution in [1.82, 2.24) is 5.32 Å². The molecular formula is C20H21ClN2O3. The molecule has 5 nitrogen and oxygen atoms in total. The second-order valence-electron chi connectivity index (χ2n) is 6.36. The van der Waals surface area contributed by atoms with E-state index in [2.05, 4.69) is 10.6 Å². The Kier molecular flexibility index (Phi) is 5.47. The normalized spacial score (nSPS) is 14.4. The summed E-state index contributed by atoms with van der Waals surface area (Å²) in [6, 6.07) is 14.5. The number of benzene rings is 2. The minimum Gasteiger partial charge on any atom is -0.496 e. The van der Waals surface area contributed by atoms with Crippen molar-refractivity contribution in [2.45, 2.75) is 19.3 Å². The third kappa shape index (κ3) is 3.99. The van der Waals surface area contributed by atoms with Crippen molar-refractivity contribution < 1.29 is 14.3 Å². The largest absolute Gasteiger partial charge is 0.496 e. The van der Waals surface area contributed by atoms with E-state index < -0.39 is 5.41 Å². The van der Waals surface area contributed by atoms with E-state index in [0.29, 0.717) is 36.5 Å². The van der Waals surface area contributed by atoms with Crippen LogP contribution in [-0.4, -0.2) is 25.5 Å². The Morgan fingerprint density at radius 1 is 1.08 bits per heavy atom. The van der Waals surface area contributed by atoms with Crippen molar-refractivity contribution in [1.29, 1.82) is 0 Å². The van der Waals surface area contributed by atoms with Gasteiger partial charge in [0.05, 0.1) is 7.11 Å². The lowest BCUT2D eigenvalue weighted by molar-refractivity contribution is -0.134. The fraction of sp³-hybridized carbons (Fsp3) is 0.300. The smallest absolute Gasteiger partial charge is 0.240 e. The molecule has 136 valence electrons. The van der Waals surface area contributed by atoms with Gasteiger partial charge in [-0.05, 0) is 55.2 Å². The van der Waals surface area contributed by atoms with E-state index in [1.165, 1.54) is 0 Å². The maximum atomic E-state index is 12.5. The first-order valence-electron chi connectivity index (χ1n) is 8.52. The van der Waals surface area contributed by atoms with Gasteiger partial charge in [-0.25, -0.2) is 0 Å². The van der Waals surface area contributed by atoms with Crippen LogP contribution in [0.5, 0.6) is 5.75 Å². The van der Waals surface area contributed by atoms with Crippen molar-refractivity contribution in [3.63, 3.8) is 0 Å². The van der Waals surface area contributed by atoms with Crippen LogP contribution in [0.1, 0.15) is 18.4 Å². The van der Waals surface area contributed by atoms with Crippen LogP contribution in [0.15, 0.2) is 48.5 Å². The molecule has 0 spiro atoms. The first kappa shape index (κ1) is 18.3. The molecule has 26 heavy (non-hydrogen) atoms. The van der Waals surface area contributed by atoms with Crippen LogP contribution in [0.3, 0.4) is 0 Å². The average Bonchev–Trinajstić information content (AvgIpc) is 3.46. The Balaban J connectivity index is 1.55. The summed E-state index contributed by atoms with van der Waals surface area (Å²) in [5.41, 5.74) is 0.693. The number of carbonyl (C=O) groups is 2. The molecule has 1 saturated carbocycles. The third-order valence-electron chi connectivity index (χ3n) is 4.59. The fourth-order valence-electron chi connectivity index (χ4n) is 2.86. The molecule has 1 aliphatic carbocycles. The third-order valence-corrected chi connectivity index (χ3v) is 4.85. The van der Waals surface area contributed by atoms with Crippen LogP contribution in [0.25, 0.3) is 0 Å². The zero-order valence-electron chi connectivity index (χ0n) is 14.5. The van der Waals surface area contributed by atoms with Gasteiger partial charge in [-0.2, -0.15) is 0 Å². The van der Waals surface area contributed by atoms with Gasteiger partial charge in [0.2, 0.25) is 11.8 Å². The molecule has 1 fully saturated rings. The van der Waals surface area contributed by atoms with Crippen molar-refractivity contribution in [2.24, 2.45) is 5.41 Å². The van der Waals surface area contributed by atoms with Crippen LogP contribution in [0, 0.1) is 5.41 Å². The number of anilines is 1. The number of carbonyl (C=O) groups excluding carboxylic acids is 2. The minimum absolute atomic E-state index is 0.223. The van der Waals surface area contributed by atoms with Crippen LogP contribution >= 0.6 is 11.6 Å². The van der Waals surface area contributed by atoms with E-state index in [4.69, 9.17) is 16.3 Å². The molecule has 0 radical (unpaired) electrons. The first-order valence-corrected chi connectivity index (χ1v) is 8.90. The number of methoxy groups -OCH3 is 1. The molecule has 2 aromatic carbocycles. The number of para-hydroxylation sites is 1. The Hall–Kier alpha value is -2.53. The van der Waals surface area contributed by atoms with Gasteiger partial charge in [0.25, 0.3) is 0 Å². The highest BCUT2D eigenvalue weighted by atomic mass is 35.5. The van der Waals surface area contributed by atoms with Gasteiger partial charge in [0, 0.05) is 17.3 Å². The van der Waals surface area contributed by atoms with Crippen molar-refractivity contribution in [3.05, 3.63) is 59.1 Å². The maximum Gasteiger partial charge on any atom is 0.240 e. The Bertz CT molecular complexity index is 801. The highest BCUT2D eigenvalue weighted by Crippen LogP contribution is 2.46. The molecular weight excluding hydrogens is 352 g/mol. The van der Waals surface area contributed by atoms with Crippen molar-refractivity contribution in [2.75, 3.05) is 19.0 Å². The lowest BCUT2D eigenvalue weighted by Crippen LogP contribution is -2.40. The van der Waals surface area contributed by atoms with Crippen LogP contribution < -0.4 is 15.4 Å². The molecule has 6 heteroatoms. The predicted octanol–water partition coefficient (Wildman–Crippen LogP) is 3.43. The van der Waals surface area contributed by atoms with Gasteiger partial charge in [0.15, 0.2) is 0 Å². The van der Waals surface area contributed by atoms with Crippen LogP contribution in [0.4, 0.5) is 5.69 Å². The lowest BCUT2D eigenvalue weighted by atomic mass is 10.0. The summed E-state index contributed by atoms with van der Waals surface area (Å²) in [5.74, 6) is 0.303. The molecule has 2 amide bonds.